The molecule has 50 heavy (non-hydrogen) atoms. The number of hydrogen-bond acceptors (Lipinski definition) is 12. The molecule has 1 aromatic carbocycles. The van der Waals surface area contributed by atoms with Gasteiger partial charge in [-0.05, 0) is 24.8 Å². The number of hydrogen-bond donors (Lipinski definition) is 7. The van der Waals surface area contributed by atoms with Gasteiger partial charge in [0.1, 0.15) is 31.3 Å². The van der Waals surface area contributed by atoms with Crippen molar-refractivity contribution in [2.75, 3.05) is 13.2 Å². The van der Waals surface area contributed by atoms with Crippen LogP contribution in [0.4, 0.5) is 4.79 Å². The molecule has 7 N–H and O–H groups in total. The Hall–Kier alpha value is -5.79. The predicted molar refractivity (Wildman–Crippen MR) is 164 cm³/mol. The average Bonchev–Trinajstić information content (AvgIpc) is 3.84. The van der Waals surface area contributed by atoms with Gasteiger partial charge in [0.05, 0.1) is 13.0 Å². The highest BCUT2D eigenvalue weighted by atomic mass is 16.6. The van der Waals surface area contributed by atoms with E-state index in [0.717, 1.165) is 0 Å². The van der Waals surface area contributed by atoms with E-state index >= 15 is 0 Å². The van der Waals surface area contributed by atoms with Crippen LogP contribution in [0, 0.1) is 5.92 Å². The minimum atomic E-state index is -1.78. The van der Waals surface area contributed by atoms with Gasteiger partial charge in [-0.2, -0.15) is 0 Å². The third-order valence-electron chi connectivity index (χ3n) is 6.79. The Balaban J connectivity index is 2.18. The highest BCUT2D eigenvalue weighted by Gasteiger charge is 2.53. The molecule has 20 heteroatoms. The lowest BCUT2D eigenvalue weighted by molar-refractivity contribution is -0.151. The molecule has 0 radical (unpaired) electrons. The molecule has 5 amide bonds. The van der Waals surface area contributed by atoms with Crippen LogP contribution in [0.2, 0.25) is 0 Å². The van der Waals surface area contributed by atoms with Crippen molar-refractivity contribution in [3.63, 3.8) is 0 Å². The third kappa shape index (κ3) is 13.4. The van der Waals surface area contributed by atoms with Crippen molar-refractivity contribution < 1.29 is 72.7 Å². The monoisotopic (exact) mass is 709 g/mol. The smallest absolute Gasteiger partial charge is 0.408 e. The second kappa shape index (κ2) is 19.3. The normalized spacial score (nSPS) is 16.4. The molecule has 0 aromatic heterocycles. The number of benzene rings is 1. The number of aliphatic carboxylic acids is 3. The topological polar surface area (TPSA) is 297 Å². The lowest BCUT2D eigenvalue weighted by Gasteiger charge is -2.28. The van der Waals surface area contributed by atoms with Gasteiger partial charge >= 0.3 is 30.0 Å². The molecule has 1 aliphatic heterocycles. The summed E-state index contributed by atoms with van der Waals surface area (Å²) in [7, 11) is 0. The van der Waals surface area contributed by atoms with Crippen LogP contribution in [0.15, 0.2) is 30.3 Å². The fraction of sp³-hybridized carbons (Fsp3) is 0.500. The number of carboxylic acid groups (broad SMARTS) is 3. The summed E-state index contributed by atoms with van der Waals surface area (Å²) < 4.78 is 14.8. The Morgan fingerprint density at radius 3 is 2.00 bits per heavy atom. The summed E-state index contributed by atoms with van der Waals surface area (Å²) in [6.45, 7) is 3.15. The Kier molecular flexibility index (Phi) is 15.6. The first kappa shape index (κ1) is 40.4. The zero-order chi connectivity index (χ0) is 37.5. The number of carbonyl (C=O) groups excluding carboxylic acids is 6. The summed E-state index contributed by atoms with van der Waals surface area (Å²) in [5.74, 6) is -10.6. The molecule has 1 unspecified atom stereocenters. The highest BCUT2D eigenvalue weighted by Crippen LogP contribution is 2.25. The second-order valence-corrected chi connectivity index (χ2v) is 11.1. The maximum absolute atomic E-state index is 13.4. The van der Waals surface area contributed by atoms with E-state index in [-0.39, 0.29) is 13.2 Å². The Bertz CT molecular complexity index is 1440. The van der Waals surface area contributed by atoms with Crippen molar-refractivity contribution in [2.24, 2.45) is 5.92 Å². The van der Waals surface area contributed by atoms with Gasteiger partial charge in [0.15, 0.2) is 12.2 Å². The fourth-order valence-corrected chi connectivity index (χ4v) is 4.26. The SMILES string of the molecule is CCOC(=O)[C@@H]1O[C@H]1C(=O)N(CC(=O)O)NC(=O)[C@@H](NC(=O)C(CCC(=O)O)NC(=O)[C@H](CC(=O)O)NC(=O)OCc1ccccc1)C(C)C. The van der Waals surface area contributed by atoms with Crippen LogP contribution in [0.25, 0.3) is 0 Å². The summed E-state index contributed by atoms with van der Waals surface area (Å²) in [5.41, 5.74) is 2.66. The van der Waals surface area contributed by atoms with Crippen LogP contribution in [0.1, 0.15) is 45.6 Å². The molecule has 0 aliphatic carbocycles. The summed E-state index contributed by atoms with van der Waals surface area (Å²) in [6, 6.07) is 3.41. The molecule has 1 aromatic rings. The van der Waals surface area contributed by atoms with E-state index in [2.05, 4.69) is 21.4 Å². The molecule has 5 atom stereocenters. The molecule has 0 bridgehead atoms. The van der Waals surface area contributed by atoms with Crippen LogP contribution in [-0.4, -0.2) is 117 Å². The van der Waals surface area contributed by atoms with E-state index in [4.69, 9.17) is 14.2 Å². The number of alkyl carbamates (subject to hydrolysis) is 1. The van der Waals surface area contributed by atoms with Crippen molar-refractivity contribution in [1.82, 2.24) is 26.4 Å². The molecule has 0 saturated carbocycles. The van der Waals surface area contributed by atoms with E-state index < -0.39 is 116 Å². The van der Waals surface area contributed by atoms with E-state index in [1.54, 1.807) is 30.3 Å². The van der Waals surface area contributed by atoms with Gasteiger partial charge in [0.25, 0.3) is 11.8 Å². The van der Waals surface area contributed by atoms with E-state index in [9.17, 15) is 58.5 Å². The van der Waals surface area contributed by atoms with Gasteiger partial charge in [-0.1, -0.05) is 44.2 Å². The third-order valence-corrected chi connectivity index (χ3v) is 6.79. The summed E-state index contributed by atoms with van der Waals surface area (Å²) >= 11 is 0. The first-order valence-corrected chi connectivity index (χ1v) is 15.2. The zero-order valence-electron chi connectivity index (χ0n) is 27.3. The predicted octanol–water partition coefficient (Wildman–Crippen LogP) is -1.48. The number of rotatable bonds is 19. The minimum absolute atomic E-state index is 0.0170. The number of hydrazine groups is 1. The van der Waals surface area contributed by atoms with Gasteiger partial charge in [-0.15, -0.1) is 0 Å². The van der Waals surface area contributed by atoms with Crippen molar-refractivity contribution >= 4 is 53.6 Å². The Labute approximate surface area is 284 Å². The van der Waals surface area contributed by atoms with Crippen LogP contribution >= 0.6 is 0 Å². The number of carbonyl (C=O) groups is 9. The highest BCUT2D eigenvalue weighted by molar-refractivity contribution is 5.97. The van der Waals surface area contributed by atoms with Crippen LogP contribution in [0.3, 0.4) is 0 Å². The fourth-order valence-electron chi connectivity index (χ4n) is 4.26. The molecular weight excluding hydrogens is 670 g/mol. The number of amides is 5. The van der Waals surface area contributed by atoms with Gasteiger partial charge in [0, 0.05) is 6.42 Å². The van der Waals surface area contributed by atoms with Gasteiger partial charge in [-0.3, -0.25) is 39.0 Å². The number of esters is 1. The molecule has 1 heterocycles. The quantitative estimate of drug-likeness (QED) is 0.0490. The van der Waals surface area contributed by atoms with Crippen molar-refractivity contribution in [1.29, 1.82) is 0 Å². The Morgan fingerprint density at radius 2 is 1.44 bits per heavy atom. The van der Waals surface area contributed by atoms with E-state index in [0.29, 0.717) is 10.6 Å². The molecule has 1 fully saturated rings. The summed E-state index contributed by atoms with van der Waals surface area (Å²) in [6.07, 6.45) is -6.10. The lowest BCUT2D eigenvalue weighted by Crippen LogP contribution is -2.60. The molecular formula is C30H39N5O15. The van der Waals surface area contributed by atoms with E-state index in [1.807, 2.05) is 0 Å². The summed E-state index contributed by atoms with van der Waals surface area (Å²) in [5, 5.41) is 34.8. The molecule has 20 nitrogen and oxygen atoms in total. The number of nitrogens with zero attached hydrogens (tertiary/aromatic N) is 1. The zero-order valence-corrected chi connectivity index (χ0v) is 27.3. The van der Waals surface area contributed by atoms with Crippen molar-refractivity contribution in [3.05, 3.63) is 35.9 Å². The first-order valence-electron chi connectivity index (χ1n) is 15.2. The molecule has 0 spiro atoms. The second-order valence-electron chi connectivity index (χ2n) is 11.1. The van der Waals surface area contributed by atoms with Crippen molar-refractivity contribution in [3.8, 4) is 0 Å². The van der Waals surface area contributed by atoms with Gasteiger partial charge in [0.2, 0.25) is 11.8 Å². The van der Waals surface area contributed by atoms with E-state index in [1.165, 1.54) is 20.8 Å². The number of carboxylic acids is 3. The molecule has 1 aliphatic rings. The Morgan fingerprint density at radius 1 is 0.800 bits per heavy atom. The van der Waals surface area contributed by atoms with Crippen molar-refractivity contribution in [2.45, 2.75) is 77.0 Å². The minimum Gasteiger partial charge on any atom is -0.481 e. The molecule has 2 rings (SSSR count). The number of nitrogens with one attached hydrogen (secondary N) is 4. The number of epoxide rings is 1. The average molecular weight is 710 g/mol. The molecule has 1 saturated heterocycles. The standard InChI is InChI=1S/C30H39N5O15/c1-4-48-29(46)24-23(50-24)28(45)35(13-21(40)41)34-27(44)22(15(2)3)33-25(42)17(10-11-19(36)37)31-26(43)18(12-20(38)39)32-30(47)49-14-16-8-6-5-7-9-16/h5-9,15,17-18,22-24H,4,10-14H2,1-3H3,(H,31,43)(H,32,47)(H,33,42)(H,34,44)(H,36,37)(H,38,39)(H,40,41)/t17?,18-,22-,23+,24+/m0/s1. The first-order chi connectivity index (χ1) is 23.5. The lowest BCUT2D eigenvalue weighted by atomic mass is 10.0. The largest absolute Gasteiger partial charge is 0.481 e. The maximum Gasteiger partial charge on any atom is 0.408 e. The van der Waals surface area contributed by atoms with Crippen LogP contribution in [-0.2, 0) is 59.2 Å². The van der Waals surface area contributed by atoms with Crippen LogP contribution < -0.4 is 21.4 Å². The van der Waals surface area contributed by atoms with Gasteiger partial charge in [-0.25, -0.2) is 14.6 Å². The molecule has 274 valence electrons. The summed E-state index contributed by atoms with van der Waals surface area (Å²) in [4.78, 5) is 111. The van der Waals surface area contributed by atoms with Gasteiger partial charge < -0.3 is 45.5 Å². The maximum atomic E-state index is 13.4. The van der Waals surface area contributed by atoms with Crippen LogP contribution in [0.5, 0.6) is 0 Å². The number of ether oxygens (including phenoxy) is 3.